The first-order valence-electron chi connectivity index (χ1n) is 11.6. The molecule has 2 amide bonds. The van der Waals surface area contributed by atoms with E-state index in [2.05, 4.69) is 22.6 Å². The number of benzene rings is 2. The molecule has 2 aromatic carbocycles. The Morgan fingerprint density at radius 1 is 1.03 bits per heavy atom. The van der Waals surface area contributed by atoms with Crippen molar-refractivity contribution in [1.82, 2.24) is 10.1 Å². The molecule has 7 nitrogen and oxygen atoms in total. The number of amides is 2. The first-order chi connectivity index (χ1) is 16.5. The molecule has 0 saturated carbocycles. The summed E-state index contributed by atoms with van der Waals surface area (Å²) in [6.45, 7) is 8.05. The molecule has 2 heterocycles. The summed E-state index contributed by atoms with van der Waals surface area (Å²) >= 11 is 0. The highest BCUT2D eigenvalue weighted by molar-refractivity contribution is 5.89. The molecule has 0 bridgehead atoms. The van der Waals surface area contributed by atoms with E-state index in [9.17, 15) is 4.79 Å². The van der Waals surface area contributed by atoms with Crippen LogP contribution in [-0.2, 0) is 0 Å². The predicted octanol–water partition coefficient (Wildman–Crippen LogP) is 5.77. The van der Waals surface area contributed by atoms with Crippen molar-refractivity contribution in [3.63, 3.8) is 0 Å². The standard InChI is InChI=1S/C27H31N3O4/c1-19-6-4-8-24(16-19)32-14-15-33-25-9-5-7-23(18-25)17-22-10-12-30(13-11-22)27(31)28-26-20(2)21(3)34-29-26/h4-9,16-18H,10-15H2,1-3H3,(H,28,29,31). The van der Waals surface area contributed by atoms with E-state index in [0.717, 1.165) is 35.5 Å². The van der Waals surface area contributed by atoms with Crippen molar-refractivity contribution in [3.05, 3.63) is 76.6 Å². The third-order valence-electron chi connectivity index (χ3n) is 5.91. The third-order valence-corrected chi connectivity index (χ3v) is 5.91. The lowest BCUT2D eigenvalue weighted by Gasteiger charge is -2.28. The van der Waals surface area contributed by atoms with Crippen LogP contribution in [0.3, 0.4) is 0 Å². The van der Waals surface area contributed by atoms with Crippen molar-refractivity contribution in [1.29, 1.82) is 0 Å². The van der Waals surface area contributed by atoms with E-state index >= 15 is 0 Å². The van der Waals surface area contributed by atoms with Gasteiger partial charge in [0.1, 0.15) is 30.5 Å². The number of hydrogen-bond acceptors (Lipinski definition) is 5. The van der Waals surface area contributed by atoms with Gasteiger partial charge in [0.25, 0.3) is 0 Å². The van der Waals surface area contributed by atoms with Crippen LogP contribution < -0.4 is 14.8 Å². The summed E-state index contributed by atoms with van der Waals surface area (Å²) in [5.74, 6) is 2.87. The van der Waals surface area contributed by atoms with Gasteiger partial charge >= 0.3 is 6.03 Å². The maximum absolute atomic E-state index is 12.6. The number of carbonyl (C=O) groups is 1. The molecular weight excluding hydrogens is 430 g/mol. The summed E-state index contributed by atoms with van der Waals surface area (Å²) in [7, 11) is 0. The lowest BCUT2D eigenvalue weighted by atomic mass is 10.0. The molecule has 0 atom stereocenters. The van der Waals surface area contributed by atoms with E-state index in [0.29, 0.717) is 37.9 Å². The van der Waals surface area contributed by atoms with Gasteiger partial charge in [-0.05, 0) is 69.0 Å². The number of rotatable bonds is 7. The second-order valence-corrected chi connectivity index (χ2v) is 8.52. The normalized spacial score (nSPS) is 13.5. The highest BCUT2D eigenvalue weighted by Gasteiger charge is 2.21. The van der Waals surface area contributed by atoms with Crippen LogP contribution in [0.5, 0.6) is 11.5 Å². The molecule has 34 heavy (non-hydrogen) atoms. The number of aryl methyl sites for hydroxylation is 2. The average molecular weight is 462 g/mol. The largest absolute Gasteiger partial charge is 0.490 e. The number of aromatic nitrogens is 1. The van der Waals surface area contributed by atoms with Gasteiger partial charge in [-0.1, -0.05) is 41.1 Å². The van der Waals surface area contributed by atoms with Crippen LogP contribution in [-0.4, -0.2) is 42.4 Å². The fourth-order valence-electron chi connectivity index (χ4n) is 3.81. The summed E-state index contributed by atoms with van der Waals surface area (Å²) in [5.41, 5.74) is 4.44. The minimum atomic E-state index is -0.140. The molecule has 1 aromatic heterocycles. The fraction of sp³-hybridized carbons (Fsp3) is 0.333. The summed E-state index contributed by atoms with van der Waals surface area (Å²) in [4.78, 5) is 14.4. The van der Waals surface area contributed by atoms with Gasteiger partial charge in [0, 0.05) is 18.7 Å². The van der Waals surface area contributed by atoms with Crippen LogP contribution in [0.1, 0.15) is 35.3 Å². The van der Waals surface area contributed by atoms with Gasteiger partial charge in [-0.3, -0.25) is 5.32 Å². The monoisotopic (exact) mass is 461 g/mol. The van der Waals surface area contributed by atoms with Crippen molar-refractivity contribution in [2.75, 3.05) is 31.6 Å². The van der Waals surface area contributed by atoms with Gasteiger partial charge in [-0.15, -0.1) is 0 Å². The van der Waals surface area contributed by atoms with Crippen LogP contribution in [0, 0.1) is 20.8 Å². The van der Waals surface area contributed by atoms with Gasteiger partial charge in [-0.25, -0.2) is 4.79 Å². The van der Waals surface area contributed by atoms with E-state index in [1.54, 1.807) is 0 Å². The zero-order chi connectivity index (χ0) is 23.9. The number of piperidine rings is 1. The summed E-state index contributed by atoms with van der Waals surface area (Å²) < 4.78 is 16.7. The van der Waals surface area contributed by atoms with Crippen LogP contribution in [0.2, 0.25) is 0 Å². The van der Waals surface area contributed by atoms with E-state index in [4.69, 9.17) is 14.0 Å². The summed E-state index contributed by atoms with van der Waals surface area (Å²) in [5, 5.41) is 6.76. The maximum Gasteiger partial charge on any atom is 0.323 e. The summed E-state index contributed by atoms with van der Waals surface area (Å²) in [6, 6.07) is 15.9. The average Bonchev–Trinajstić information content (AvgIpc) is 3.15. The molecule has 1 N–H and O–H groups in total. The molecule has 1 aliphatic heterocycles. The molecule has 0 radical (unpaired) electrons. The second kappa shape index (κ2) is 10.9. The van der Waals surface area contributed by atoms with Crippen LogP contribution in [0.15, 0.2) is 58.6 Å². The van der Waals surface area contributed by atoms with Crippen LogP contribution >= 0.6 is 0 Å². The Hall–Kier alpha value is -3.74. The topological polar surface area (TPSA) is 76.8 Å². The van der Waals surface area contributed by atoms with E-state index in [1.165, 1.54) is 11.1 Å². The van der Waals surface area contributed by atoms with Crippen LogP contribution in [0.4, 0.5) is 10.6 Å². The third kappa shape index (κ3) is 6.19. The zero-order valence-corrected chi connectivity index (χ0v) is 20.0. The maximum atomic E-state index is 12.6. The van der Waals surface area contributed by atoms with Crippen molar-refractivity contribution < 1.29 is 18.8 Å². The molecule has 1 aliphatic rings. The van der Waals surface area contributed by atoms with Crippen molar-refractivity contribution in [3.8, 4) is 11.5 Å². The number of likely N-dealkylation sites (tertiary alicyclic amines) is 1. The Balaban J connectivity index is 1.24. The Morgan fingerprint density at radius 2 is 1.71 bits per heavy atom. The van der Waals surface area contributed by atoms with Gasteiger partial charge < -0.3 is 18.9 Å². The number of anilines is 1. The predicted molar refractivity (Wildman–Crippen MR) is 132 cm³/mol. The SMILES string of the molecule is Cc1cccc(OCCOc2cccc(C=C3CCN(C(=O)Nc4noc(C)c4C)CC3)c2)c1. The minimum absolute atomic E-state index is 0.140. The summed E-state index contributed by atoms with van der Waals surface area (Å²) in [6.07, 6.45) is 3.86. The smallest absolute Gasteiger partial charge is 0.323 e. The van der Waals surface area contributed by atoms with Gasteiger partial charge in [-0.2, -0.15) is 0 Å². The van der Waals surface area contributed by atoms with Crippen molar-refractivity contribution in [2.24, 2.45) is 0 Å². The highest BCUT2D eigenvalue weighted by Crippen LogP contribution is 2.23. The molecule has 4 rings (SSSR count). The van der Waals surface area contributed by atoms with Gasteiger partial charge in [0.05, 0.1) is 0 Å². The molecule has 178 valence electrons. The van der Waals surface area contributed by atoms with Gasteiger partial charge in [0.2, 0.25) is 0 Å². The van der Waals surface area contributed by atoms with E-state index < -0.39 is 0 Å². The first-order valence-corrected chi connectivity index (χ1v) is 11.6. The molecule has 3 aromatic rings. The first kappa shape index (κ1) is 23.4. The minimum Gasteiger partial charge on any atom is -0.490 e. The Morgan fingerprint density at radius 3 is 2.35 bits per heavy atom. The number of urea groups is 1. The van der Waals surface area contributed by atoms with E-state index in [-0.39, 0.29) is 6.03 Å². The molecule has 0 aliphatic carbocycles. The molecular formula is C27H31N3O4. The molecule has 1 saturated heterocycles. The highest BCUT2D eigenvalue weighted by atomic mass is 16.5. The Kier molecular flexibility index (Phi) is 7.52. The Bertz CT molecular complexity index is 1160. The van der Waals surface area contributed by atoms with Gasteiger partial charge in [0.15, 0.2) is 5.82 Å². The number of ether oxygens (including phenoxy) is 2. The van der Waals surface area contributed by atoms with Crippen LogP contribution in [0.25, 0.3) is 6.08 Å². The molecule has 0 spiro atoms. The second-order valence-electron chi connectivity index (χ2n) is 8.52. The molecule has 7 heteroatoms. The quantitative estimate of drug-likeness (QED) is 0.452. The zero-order valence-electron chi connectivity index (χ0n) is 20.0. The lowest BCUT2D eigenvalue weighted by molar-refractivity contribution is 0.207. The lowest BCUT2D eigenvalue weighted by Crippen LogP contribution is -2.39. The van der Waals surface area contributed by atoms with Crippen molar-refractivity contribution in [2.45, 2.75) is 33.6 Å². The van der Waals surface area contributed by atoms with Crippen molar-refractivity contribution >= 4 is 17.9 Å². The number of hydrogen-bond donors (Lipinski definition) is 1. The molecule has 1 fully saturated rings. The Labute approximate surface area is 200 Å². The number of carbonyl (C=O) groups excluding carboxylic acids is 1. The van der Waals surface area contributed by atoms with E-state index in [1.807, 2.05) is 68.1 Å². The fourth-order valence-corrected chi connectivity index (χ4v) is 3.81. The number of nitrogens with zero attached hydrogens (tertiary/aromatic N) is 2. The number of nitrogens with one attached hydrogen (secondary N) is 1. The molecule has 0 unspecified atom stereocenters.